The van der Waals surface area contributed by atoms with Crippen molar-refractivity contribution >= 4 is 23.5 Å². The van der Waals surface area contributed by atoms with Crippen molar-refractivity contribution in [1.29, 1.82) is 0 Å². The zero-order valence-corrected chi connectivity index (χ0v) is 17.9. The average molecular weight is 432 g/mol. The minimum Gasteiger partial charge on any atom is -0.491 e. The lowest BCUT2D eigenvalue weighted by molar-refractivity contribution is -0.159. The largest absolute Gasteiger partial charge is 0.491 e. The quantitative estimate of drug-likeness (QED) is 0.653. The van der Waals surface area contributed by atoms with Crippen molar-refractivity contribution in [3.05, 3.63) is 64.2 Å². The second-order valence-corrected chi connectivity index (χ2v) is 8.14. The van der Waals surface area contributed by atoms with Gasteiger partial charge in [-0.1, -0.05) is 35.9 Å². The number of carbonyl (C=O) groups is 2. The molecule has 1 aliphatic rings. The van der Waals surface area contributed by atoms with Crippen molar-refractivity contribution in [3.8, 4) is 5.75 Å². The maximum absolute atomic E-state index is 12.5. The van der Waals surface area contributed by atoms with Gasteiger partial charge in [-0.2, -0.15) is 0 Å². The molecule has 0 aliphatic carbocycles. The highest BCUT2D eigenvalue weighted by atomic mass is 35.5. The number of hydrogen-bond acceptors (Lipinski definition) is 4. The van der Waals surface area contributed by atoms with E-state index in [9.17, 15) is 14.7 Å². The predicted octanol–water partition coefficient (Wildman–Crippen LogP) is 4.23. The van der Waals surface area contributed by atoms with Crippen LogP contribution in [0.1, 0.15) is 48.2 Å². The molecule has 0 radical (unpaired) electrons. The lowest BCUT2D eigenvalue weighted by atomic mass is 9.91. The normalized spacial score (nSPS) is 18.4. The molecular formula is C23H26ClNO5. The molecule has 6 nitrogen and oxygen atoms in total. The lowest BCUT2D eigenvalue weighted by Crippen LogP contribution is -2.40. The Bertz CT molecular complexity index is 904. The molecule has 160 valence electrons. The molecule has 1 amide bonds. The summed E-state index contributed by atoms with van der Waals surface area (Å²) >= 11 is 6.23. The first kappa shape index (κ1) is 22.1. The molecule has 1 fully saturated rings. The Kier molecular flexibility index (Phi) is 7.00. The van der Waals surface area contributed by atoms with Gasteiger partial charge in [0.25, 0.3) is 5.91 Å². The van der Waals surface area contributed by atoms with Crippen molar-refractivity contribution in [2.45, 2.75) is 51.4 Å². The van der Waals surface area contributed by atoms with Crippen molar-refractivity contribution in [3.63, 3.8) is 0 Å². The van der Waals surface area contributed by atoms with Gasteiger partial charge in [-0.3, -0.25) is 4.79 Å². The molecule has 0 aromatic heterocycles. The van der Waals surface area contributed by atoms with E-state index in [1.54, 1.807) is 18.2 Å². The molecule has 1 unspecified atom stereocenters. The van der Waals surface area contributed by atoms with Gasteiger partial charge in [-0.15, -0.1) is 0 Å². The average Bonchev–Trinajstić information content (AvgIpc) is 3.17. The molecule has 30 heavy (non-hydrogen) atoms. The van der Waals surface area contributed by atoms with Crippen LogP contribution in [0.3, 0.4) is 0 Å². The van der Waals surface area contributed by atoms with Gasteiger partial charge >= 0.3 is 5.97 Å². The fourth-order valence-corrected chi connectivity index (χ4v) is 3.75. The number of rotatable bonds is 8. The fourth-order valence-electron chi connectivity index (χ4n) is 3.49. The molecule has 0 saturated carbocycles. The highest BCUT2D eigenvalue weighted by Gasteiger charge is 2.42. The summed E-state index contributed by atoms with van der Waals surface area (Å²) in [6.07, 6.45) is 1.62. The number of hydrogen-bond donors (Lipinski definition) is 2. The maximum atomic E-state index is 12.5. The van der Waals surface area contributed by atoms with Crippen LogP contribution >= 0.6 is 11.6 Å². The Morgan fingerprint density at radius 3 is 2.47 bits per heavy atom. The van der Waals surface area contributed by atoms with Crippen LogP contribution in [-0.4, -0.2) is 35.3 Å². The van der Waals surface area contributed by atoms with Crippen LogP contribution in [-0.2, 0) is 22.5 Å². The van der Waals surface area contributed by atoms with E-state index in [1.165, 1.54) is 0 Å². The van der Waals surface area contributed by atoms with Crippen LogP contribution in [0, 0.1) is 0 Å². The molecule has 1 heterocycles. The van der Waals surface area contributed by atoms with E-state index in [1.807, 2.05) is 38.1 Å². The molecular weight excluding hydrogens is 406 g/mol. The minimum absolute atomic E-state index is 0.0225. The summed E-state index contributed by atoms with van der Waals surface area (Å²) < 4.78 is 11.1. The van der Waals surface area contributed by atoms with E-state index in [-0.39, 0.29) is 12.0 Å². The van der Waals surface area contributed by atoms with Gasteiger partial charge < -0.3 is 19.9 Å². The van der Waals surface area contributed by atoms with E-state index in [2.05, 4.69) is 5.32 Å². The number of carboxylic acids is 1. The molecule has 1 aliphatic heterocycles. The van der Waals surface area contributed by atoms with Gasteiger partial charge in [0, 0.05) is 19.6 Å². The molecule has 0 spiro atoms. The number of benzene rings is 2. The Morgan fingerprint density at radius 1 is 1.20 bits per heavy atom. The Morgan fingerprint density at radius 2 is 1.90 bits per heavy atom. The number of nitrogens with one attached hydrogen (secondary N) is 1. The molecule has 2 aromatic carbocycles. The van der Waals surface area contributed by atoms with Crippen LogP contribution in [0.15, 0.2) is 42.5 Å². The highest BCUT2D eigenvalue weighted by Crippen LogP contribution is 2.30. The summed E-state index contributed by atoms with van der Waals surface area (Å²) in [5, 5.41) is 12.7. The molecule has 2 aromatic rings. The molecule has 1 saturated heterocycles. The Balaban J connectivity index is 1.58. The molecule has 3 rings (SSSR count). The molecule has 2 N–H and O–H groups in total. The van der Waals surface area contributed by atoms with Gasteiger partial charge in [-0.25, -0.2) is 4.79 Å². The standard InChI is InChI=1S/C23H26ClNO5/c1-15(2)30-18-8-9-19(20(24)12-18)21(26)25-14-17-6-4-16(5-7-17)13-23(22(27)28)10-3-11-29-23/h4-9,12,15H,3,10-11,13-14H2,1-2H3,(H,25,26)(H,27,28). The van der Waals surface area contributed by atoms with Crippen LogP contribution in [0.4, 0.5) is 0 Å². The van der Waals surface area contributed by atoms with E-state index in [0.29, 0.717) is 42.3 Å². The van der Waals surface area contributed by atoms with E-state index < -0.39 is 11.6 Å². The Hall–Kier alpha value is -2.57. The third-order valence-electron chi connectivity index (χ3n) is 5.02. The minimum atomic E-state index is -1.13. The number of carboxylic acid groups (broad SMARTS) is 1. The summed E-state index contributed by atoms with van der Waals surface area (Å²) in [6, 6.07) is 12.5. The van der Waals surface area contributed by atoms with Gasteiger partial charge in [0.15, 0.2) is 5.60 Å². The van der Waals surface area contributed by atoms with Crippen LogP contribution in [0.2, 0.25) is 5.02 Å². The first-order chi connectivity index (χ1) is 14.3. The van der Waals surface area contributed by atoms with Crippen molar-refractivity contribution < 1.29 is 24.2 Å². The van der Waals surface area contributed by atoms with E-state index in [0.717, 1.165) is 17.5 Å². The Labute approximate surface area is 181 Å². The summed E-state index contributed by atoms with van der Waals surface area (Å²) in [4.78, 5) is 24.1. The molecule has 1 atom stereocenters. The van der Waals surface area contributed by atoms with E-state index in [4.69, 9.17) is 21.1 Å². The zero-order valence-electron chi connectivity index (χ0n) is 17.1. The lowest BCUT2D eigenvalue weighted by Gasteiger charge is -2.23. The highest BCUT2D eigenvalue weighted by molar-refractivity contribution is 6.34. The van der Waals surface area contributed by atoms with Crippen molar-refractivity contribution in [1.82, 2.24) is 5.32 Å². The molecule has 0 bridgehead atoms. The number of ether oxygens (including phenoxy) is 2. The van der Waals surface area contributed by atoms with Gasteiger partial charge in [0.2, 0.25) is 0 Å². The third kappa shape index (κ3) is 5.32. The summed E-state index contributed by atoms with van der Waals surface area (Å²) in [6.45, 7) is 4.65. The maximum Gasteiger partial charge on any atom is 0.336 e. The van der Waals surface area contributed by atoms with Crippen LogP contribution in [0.5, 0.6) is 5.75 Å². The first-order valence-electron chi connectivity index (χ1n) is 9.99. The summed E-state index contributed by atoms with van der Waals surface area (Å²) in [7, 11) is 0. The zero-order chi connectivity index (χ0) is 21.7. The predicted molar refractivity (Wildman–Crippen MR) is 114 cm³/mol. The van der Waals surface area contributed by atoms with Crippen LogP contribution < -0.4 is 10.1 Å². The first-order valence-corrected chi connectivity index (χ1v) is 10.4. The number of halogens is 1. The number of amides is 1. The summed E-state index contributed by atoms with van der Waals surface area (Å²) in [5.41, 5.74) is 1.04. The van der Waals surface area contributed by atoms with Crippen LogP contribution in [0.25, 0.3) is 0 Å². The van der Waals surface area contributed by atoms with Gasteiger partial charge in [0.1, 0.15) is 5.75 Å². The van der Waals surface area contributed by atoms with E-state index >= 15 is 0 Å². The number of aliphatic carboxylic acids is 1. The molecule has 7 heteroatoms. The summed E-state index contributed by atoms with van der Waals surface area (Å²) in [5.74, 6) is -0.574. The second kappa shape index (κ2) is 9.49. The topological polar surface area (TPSA) is 84.9 Å². The monoisotopic (exact) mass is 431 g/mol. The third-order valence-corrected chi connectivity index (χ3v) is 5.33. The van der Waals surface area contributed by atoms with Gasteiger partial charge in [-0.05, 0) is 56.0 Å². The smallest absolute Gasteiger partial charge is 0.336 e. The van der Waals surface area contributed by atoms with Crippen molar-refractivity contribution in [2.24, 2.45) is 0 Å². The SMILES string of the molecule is CC(C)Oc1ccc(C(=O)NCc2ccc(CC3(C(=O)O)CCCO3)cc2)c(Cl)c1. The number of carbonyl (C=O) groups excluding carboxylic acids is 1. The fraction of sp³-hybridized carbons (Fsp3) is 0.391. The van der Waals surface area contributed by atoms with Gasteiger partial charge in [0.05, 0.1) is 16.7 Å². The van der Waals surface area contributed by atoms with Crippen molar-refractivity contribution in [2.75, 3.05) is 6.61 Å². The second-order valence-electron chi connectivity index (χ2n) is 7.74.